The lowest BCUT2D eigenvalue weighted by molar-refractivity contribution is -0.697. The molecular weight excluding hydrogens is 412 g/mol. The number of hydrogen-bond acceptors (Lipinski definition) is 0. The molecule has 34 heavy (non-hydrogen) atoms. The standard InChI is InChI=1S/C32H47N2/c1-5-6-7-8-9-10-11-18-23-33-24-25-34(27-33)31(28(2)3)32(4,30-21-16-13-17-22-30)26-29-19-14-12-15-20-29/h12-17,19-22,24-25,27-28,31H,5-11,18,23,26H2,1-4H3/q+1. The van der Waals surface area contributed by atoms with Gasteiger partial charge in [-0.1, -0.05) is 127 Å². The number of unbranched alkanes of at least 4 members (excludes halogenated alkanes) is 7. The van der Waals surface area contributed by atoms with Crippen molar-refractivity contribution in [2.24, 2.45) is 5.92 Å². The van der Waals surface area contributed by atoms with Gasteiger partial charge in [0.15, 0.2) is 0 Å². The summed E-state index contributed by atoms with van der Waals surface area (Å²) in [6.45, 7) is 10.6. The van der Waals surface area contributed by atoms with Gasteiger partial charge >= 0.3 is 0 Å². The second kappa shape index (κ2) is 13.5. The van der Waals surface area contributed by atoms with E-state index in [2.05, 4.69) is 116 Å². The molecule has 2 aromatic carbocycles. The van der Waals surface area contributed by atoms with Gasteiger partial charge in [0.1, 0.15) is 18.4 Å². The van der Waals surface area contributed by atoms with Crippen LogP contribution in [-0.4, -0.2) is 4.57 Å². The monoisotopic (exact) mass is 459 g/mol. The molecular formula is C32H47N2+. The van der Waals surface area contributed by atoms with Gasteiger partial charge in [-0.05, 0) is 36.3 Å². The Hall–Kier alpha value is -2.35. The Kier molecular flexibility index (Phi) is 10.4. The molecule has 0 aliphatic heterocycles. The highest BCUT2D eigenvalue weighted by Gasteiger charge is 2.42. The lowest BCUT2D eigenvalue weighted by Gasteiger charge is -2.38. The van der Waals surface area contributed by atoms with E-state index in [1.54, 1.807) is 0 Å². The first-order chi connectivity index (χ1) is 16.5. The Bertz CT molecular complexity index is 928. The van der Waals surface area contributed by atoms with Gasteiger partial charge in [-0.2, -0.15) is 0 Å². The highest BCUT2D eigenvalue weighted by Crippen LogP contribution is 2.42. The quantitative estimate of drug-likeness (QED) is 0.160. The number of hydrogen-bond donors (Lipinski definition) is 0. The summed E-state index contributed by atoms with van der Waals surface area (Å²) < 4.78 is 4.89. The fourth-order valence-corrected chi connectivity index (χ4v) is 5.76. The van der Waals surface area contributed by atoms with Crippen LogP contribution >= 0.6 is 0 Å². The van der Waals surface area contributed by atoms with Crippen LogP contribution in [0, 0.1) is 5.92 Å². The predicted molar refractivity (Wildman–Crippen MR) is 145 cm³/mol. The molecule has 0 spiro atoms. The number of aromatic nitrogens is 2. The van der Waals surface area contributed by atoms with Crippen LogP contribution in [0.1, 0.15) is 96.2 Å². The first-order valence-corrected chi connectivity index (χ1v) is 13.7. The molecule has 1 aromatic heterocycles. The molecule has 0 fully saturated rings. The maximum atomic E-state index is 2.49. The summed E-state index contributed by atoms with van der Waals surface area (Å²) in [6.07, 6.45) is 18.9. The first kappa shape index (κ1) is 26.3. The average Bonchev–Trinajstić information content (AvgIpc) is 3.29. The predicted octanol–water partition coefficient (Wildman–Crippen LogP) is 8.31. The highest BCUT2D eigenvalue weighted by atomic mass is 15.1. The zero-order valence-electron chi connectivity index (χ0n) is 22.1. The molecule has 0 N–H and O–H groups in total. The number of aryl methyl sites for hydroxylation is 1. The van der Waals surface area contributed by atoms with E-state index in [0.29, 0.717) is 12.0 Å². The Balaban J connectivity index is 1.72. The summed E-state index contributed by atoms with van der Waals surface area (Å²) in [5.74, 6) is 0.512. The van der Waals surface area contributed by atoms with Gasteiger partial charge in [0, 0.05) is 5.41 Å². The Labute approximate surface area is 209 Å². The topological polar surface area (TPSA) is 8.81 Å². The fourth-order valence-electron chi connectivity index (χ4n) is 5.76. The highest BCUT2D eigenvalue weighted by molar-refractivity contribution is 5.31. The molecule has 0 amide bonds. The van der Waals surface area contributed by atoms with Crippen LogP contribution in [0.15, 0.2) is 79.4 Å². The second-order valence-corrected chi connectivity index (χ2v) is 10.7. The zero-order chi connectivity index (χ0) is 24.2. The molecule has 2 nitrogen and oxygen atoms in total. The maximum Gasteiger partial charge on any atom is 0.244 e. The Morgan fingerprint density at radius 2 is 1.38 bits per heavy atom. The summed E-state index contributed by atoms with van der Waals surface area (Å²) in [7, 11) is 0. The van der Waals surface area contributed by atoms with Gasteiger partial charge in [0.2, 0.25) is 6.33 Å². The molecule has 2 atom stereocenters. The second-order valence-electron chi connectivity index (χ2n) is 10.7. The fraction of sp³-hybridized carbons (Fsp3) is 0.531. The molecule has 1 heterocycles. The number of imidazole rings is 1. The van der Waals surface area contributed by atoms with Crippen LogP contribution in [0.4, 0.5) is 0 Å². The van der Waals surface area contributed by atoms with Crippen molar-refractivity contribution in [1.29, 1.82) is 0 Å². The summed E-state index contributed by atoms with van der Waals surface area (Å²) in [4.78, 5) is 0. The minimum Gasteiger partial charge on any atom is -0.237 e. The molecule has 0 aliphatic carbocycles. The van der Waals surface area contributed by atoms with Gasteiger partial charge in [-0.15, -0.1) is 0 Å². The van der Waals surface area contributed by atoms with Gasteiger partial charge in [-0.3, -0.25) is 0 Å². The van der Waals surface area contributed by atoms with Crippen LogP contribution in [0.25, 0.3) is 0 Å². The van der Waals surface area contributed by atoms with Crippen molar-refractivity contribution in [2.75, 3.05) is 0 Å². The van der Waals surface area contributed by atoms with Gasteiger partial charge in [0.25, 0.3) is 0 Å². The zero-order valence-corrected chi connectivity index (χ0v) is 22.1. The molecule has 3 rings (SSSR count). The van der Waals surface area contributed by atoms with Crippen molar-refractivity contribution in [1.82, 2.24) is 4.57 Å². The van der Waals surface area contributed by atoms with Gasteiger partial charge in [-0.25, -0.2) is 9.13 Å². The third-order valence-electron chi connectivity index (χ3n) is 7.43. The van der Waals surface area contributed by atoms with Gasteiger partial charge in [0.05, 0.1) is 6.54 Å². The van der Waals surface area contributed by atoms with Gasteiger partial charge < -0.3 is 0 Å². The van der Waals surface area contributed by atoms with Crippen LogP contribution in [-0.2, 0) is 18.4 Å². The molecule has 2 heteroatoms. The van der Waals surface area contributed by atoms with Crippen molar-refractivity contribution >= 4 is 0 Å². The SMILES string of the molecule is CCCCCCCCCC[n+]1ccn(C(C(C)C)C(C)(Cc2ccccc2)c2ccccc2)c1. The molecule has 0 radical (unpaired) electrons. The van der Waals surface area contributed by atoms with Crippen LogP contribution in [0.3, 0.4) is 0 Å². The molecule has 0 bridgehead atoms. The Morgan fingerprint density at radius 3 is 2.00 bits per heavy atom. The van der Waals surface area contributed by atoms with E-state index < -0.39 is 0 Å². The van der Waals surface area contributed by atoms with Crippen molar-refractivity contribution < 1.29 is 4.57 Å². The van der Waals surface area contributed by atoms with E-state index >= 15 is 0 Å². The maximum absolute atomic E-state index is 2.49. The molecule has 0 saturated carbocycles. The molecule has 0 aliphatic rings. The summed E-state index contributed by atoms with van der Waals surface area (Å²) in [5, 5.41) is 0. The number of nitrogens with zero attached hydrogens (tertiary/aromatic N) is 2. The van der Waals surface area contributed by atoms with Crippen LogP contribution in [0.2, 0.25) is 0 Å². The number of benzene rings is 2. The number of rotatable bonds is 15. The lowest BCUT2D eigenvalue weighted by Crippen LogP contribution is -2.40. The van der Waals surface area contributed by atoms with E-state index in [1.165, 1.54) is 62.5 Å². The normalized spacial score (nSPS) is 14.3. The van der Waals surface area contributed by atoms with Crippen molar-refractivity contribution in [3.05, 3.63) is 90.5 Å². The smallest absolute Gasteiger partial charge is 0.237 e. The van der Waals surface area contributed by atoms with Crippen LogP contribution in [0.5, 0.6) is 0 Å². The van der Waals surface area contributed by atoms with E-state index in [0.717, 1.165) is 13.0 Å². The van der Waals surface area contributed by atoms with E-state index in [4.69, 9.17) is 0 Å². The third-order valence-corrected chi connectivity index (χ3v) is 7.43. The summed E-state index contributed by atoms with van der Waals surface area (Å²) >= 11 is 0. The van der Waals surface area contributed by atoms with E-state index in [9.17, 15) is 0 Å². The lowest BCUT2D eigenvalue weighted by atomic mass is 9.68. The van der Waals surface area contributed by atoms with E-state index in [1.807, 2.05) is 0 Å². The summed E-state index contributed by atoms with van der Waals surface area (Å²) in [6, 6.07) is 22.5. The minimum absolute atomic E-state index is 0.00782. The molecule has 0 saturated heterocycles. The Morgan fingerprint density at radius 1 is 0.794 bits per heavy atom. The minimum atomic E-state index is -0.00782. The molecule has 184 valence electrons. The summed E-state index contributed by atoms with van der Waals surface area (Å²) in [5.41, 5.74) is 2.81. The van der Waals surface area contributed by atoms with Crippen molar-refractivity contribution in [2.45, 2.75) is 103 Å². The largest absolute Gasteiger partial charge is 0.244 e. The molecule has 2 unspecified atom stereocenters. The van der Waals surface area contributed by atoms with Crippen LogP contribution < -0.4 is 4.57 Å². The molecule has 3 aromatic rings. The average molecular weight is 460 g/mol. The van der Waals surface area contributed by atoms with E-state index in [-0.39, 0.29) is 5.41 Å². The third kappa shape index (κ3) is 7.32. The van der Waals surface area contributed by atoms with Crippen molar-refractivity contribution in [3.8, 4) is 0 Å². The van der Waals surface area contributed by atoms with Crippen molar-refractivity contribution in [3.63, 3.8) is 0 Å². The first-order valence-electron chi connectivity index (χ1n) is 13.7.